The van der Waals surface area contributed by atoms with Crippen LogP contribution in [0, 0.1) is 18.8 Å². The van der Waals surface area contributed by atoms with Gasteiger partial charge in [-0.05, 0) is 79.1 Å². The molecule has 1 aliphatic rings. The highest BCUT2D eigenvalue weighted by atomic mass is 16.4. The minimum Gasteiger partial charge on any atom is -0.478 e. The summed E-state index contributed by atoms with van der Waals surface area (Å²) < 4.78 is 0. The van der Waals surface area contributed by atoms with Crippen LogP contribution in [-0.2, 0) is 0 Å². The average molecular weight is 486 g/mol. The van der Waals surface area contributed by atoms with E-state index < -0.39 is 5.97 Å². The highest BCUT2D eigenvalue weighted by Crippen LogP contribution is 2.35. The van der Waals surface area contributed by atoms with Gasteiger partial charge in [-0.1, -0.05) is 56.2 Å². The number of carboxylic acids is 1. The summed E-state index contributed by atoms with van der Waals surface area (Å²) in [5, 5.41) is 15.4. The number of rotatable bonds is 9. The lowest BCUT2D eigenvalue weighted by molar-refractivity contribution is 0.0697. The molecular formula is C30H35N3O3. The zero-order valence-corrected chi connectivity index (χ0v) is 21.3. The molecule has 3 N–H and O–H groups in total. The predicted molar refractivity (Wildman–Crippen MR) is 147 cm³/mol. The molecule has 0 atom stereocenters. The van der Waals surface area contributed by atoms with Gasteiger partial charge < -0.3 is 20.6 Å². The fourth-order valence-corrected chi connectivity index (χ4v) is 4.54. The molecule has 0 spiro atoms. The van der Waals surface area contributed by atoms with Crippen molar-refractivity contribution in [2.24, 2.45) is 11.8 Å². The van der Waals surface area contributed by atoms with Gasteiger partial charge in [0.05, 0.1) is 16.9 Å². The number of hydrogen-bond acceptors (Lipinski definition) is 3. The second kappa shape index (κ2) is 11.3. The van der Waals surface area contributed by atoms with Crippen LogP contribution in [0.3, 0.4) is 0 Å². The van der Waals surface area contributed by atoms with Gasteiger partial charge in [-0.3, -0.25) is 0 Å². The Morgan fingerprint density at radius 3 is 2.33 bits per heavy atom. The Kier molecular flexibility index (Phi) is 7.93. The minimum atomic E-state index is -0.965. The second-order valence-corrected chi connectivity index (χ2v) is 10.2. The van der Waals surface area contributed by atoms with Crippen LogP contribution >= 0.6 is 0 Å². The number of carboxylic acid groups (broad SMARTS) is 1. The number of hydrogen-bond donors (Lipinski definition) is 3. The lowest BCUT2D eigenvalue weighted by Gasteiger charge is -2.36. The van der Waals surface area contributed by atoms with E-state index in [1.54, 1.807) is 18.2 Å². The molecule has 0 bridgehead atoms. The third kappa shape index (κ3) is 6.45. The standard InChI is InChI=1S/C30H35N3O3/c1-20(2)18-33(19-22-6-4-7-22)28-15-12-24(23-8-5-9-25(16-23)29(34)35)17-27(28)32-30(36)31-26-13-10-21(3)11-14-26/h5,8-17,20,22H,4,6-7,18-19H2,1-3H3,(H,34,35)(H2,31,32,36). The van der Waals surface area contributed by atoms with E-state index >= 15 is 0 Å². The van der Waals surface area contributed by atoms with E-state index in [0.29, 0.717) is 17.5 Å². The van der Waals surface area contributed by atoms with Crippen LogP contribution in [0.15, 0.2) is 66.7 Å². The van der Waals surface area contributed by atoms with Crippen molar-refractivity contribution in [3.63, 3.8) is 0 Å². The minimum absolute atomic E-state index is 0.231. The van der Waals surface area contributed by atoms with Gasteiger partial charge in [0.25, 0.3) is 0 Å². The molecule has 0 aliphatic heterocycles. The number of urea groups is 1. The first-order valence-electron chi connectivity index (χ1n) is 12.7. The van der Waals surface area contributed by atoms with Crippen LogP contribution in [0.5, 0.6) is 0 Å². The van der Waals surface area contributed by atoms with Crippen molar-refractivity contribution in [3.8, 4) is 11.1 Å². The zero-order valence-electron chi connectivity index (χ0n) is 21.3. The molecule has 0 heterocycles. The van der Waals surface area contributed by atoms with Gasteiger partial charge in [0.1, 0.15) is 0 Å². The SMILES string of the molecule is Cc1ccc(NC(=O)Nc2cc(-c3cccc(C(=O)O)c3)ccc2N(CC(C)C)CC2CCC2)cc1. The number of carbonyl (C=O) groups excluding carboxylic acids is 1. The smallest absolute Gasteiger partial charge is 0.335 e. The molecule has 2 amide bonds. The Morgan fingerprint density at radius 1 is 0.972 bits per heavy atom. The molecule has 0 aromatic heterocycles. The highest BCUT2D eigenvalue weighted by molar-refractivity contribution is 6.02. The lowest BCUT2D eigenvalue weighted by Crippen LogP contribution is -2.36. The molecule has 0 saturated heterocycles. The molecule has 1 saturated carbocycles. The molecule has 1 aliphatic carbocycles. The lowest BCUT2D eigenvalue weighted by atomic mass is 9.85. The summed E-state index contributed by atoms with van der Waals surface area (Å²) in [6, 6.07) is 20.2. The number of benzene rings is 3. The fourth-order valence-electron chi connectivity index (χ4n) is 4.54. The number of nitrogens with one attached hydrogen (secondary N) is 2. The largest absolute Gasteiger partial charge is 0.478 e. The van der Waals surface area contributed by atoms with Gasteiger partial charge in [0.2, 0.25) is 0 Å². The summed E-state index contributed by atoms with van der Waals surface area (Å²) in [4.78, 5) is 26.9. The molecular weight excluding hydrogens is 450 g/mol. The quantitative estimate of drug-likeness (QED) is 0.298. The molecule has 6 heteroatoms. The first-order valence-corrected chi connectivity index (χ1v) is 12.7. The van der Waals surface area contributed by atoms with Crippen LogP contribution in [-0.4, -0.2) is 30.2 Å². The van der Waals surface area contributed by atoms with Crippen LogP contribution in [0.2, 0.25) is 0 Å². The summed E-state index contributed by atoms with van der Waals surface area (Å²) in [5.41, 5.74) is 5.40. The van der Waals surface area contributed by atoms with E-state index in [-0.39, 0.29) is 11.6 Å². The van der Waals surface area contributed by atoms with Gasteiger partial charge in [0, 0.05) is 18.8 Å². The topological polar surface area (TPSA) is 81.7 Å². The Hall–Kier alpha value is -3.80. The molecule has 3 aromatic carbocycles. The molecule has 1 fully saturated rings. The Bertz CT molecular complexity index is 1220. The summed E-state index contributed by atoms with van der Waals surface area (Å²) in [5.74, 6) is 0.170. The van der Waals surface area contributed by atoms with Crippen molar-refractivity contribution in [2.75, 3.05) is 28.6 Å². The number of nitrogens with zero attached hydrogens (tertiary/aromatic N) is 1. The van der Waals surface area contributed by atoms with Crippen LogP contribution < -0.4 is 15.5 Å². The third-order valence-corrected chi connectivity index (χ3v) is 6.63. The normalized spacial score (nSPS) is 13.2. The first-order chi connectivity index (χ1) is 17.3. The number of aromatic carboxylic acids is 1. The van der Waals surface area contributed by atoms with E-state index in [4.69, 9.17) is 0 Å². The highest BCUT2D eigenvalue weighted by Gasteiger charge is 2.23. The number of aryl methyl sites for hydroxylation is 1. The van der Waals surface area contributed by atoms with Crippen LogP contribution in [0.1, 0.15) is 49.0 Å². The van der Waals surface area contributed by atoms with Crippen LogP contribution in [0.4, 0.5) is 21.9 Å². The molecule has 3 aromatic rings. The van der Waals surface area contributed by atoms with Crippen molar-refractivity contribution < 1.29 is 14.7 Å². The molecule has 36 heavy (non-hydrogen) atoms. The first kappa shape index (κ1) is 25.3. The monoisotopic (exact) mass is 485 g/mol. The maximum Gasteiger partial charge on any atom is 0.335 e. The summed E-state index contributed by atoms with van der Waals surface area (Å²) >= 11 is 0. The average Bonchev–Trinajstić information content (AvgIpc) is 2.82. The molecule has 6 nitrogen and oxygen atoms in total. The van der Waals surface area contributed by atoms with Gasteiger partial charge in [-0.2, -0.15) is 0 Å². The van der Waals surface area contributed by atoms with Crippen LogP contribution in [0.25, 0.3) is 11.1 Å². The van der Waals surface area contributed by atoms with Crippen molar-refractivity contribution >= 4 is 29.1 Å². The number of carbonyl (C=O) groups is 2. The van der Waals surface area contributed by atoms with Crippen molar-refractivity contribution in [1.82, 2.24) is 0 Å². The van der Waals surface area contributed by atoms with E-state index in [9.17, 15) is 14.7 Å². The van der Waals surface area contributed by atoms with Gasteiger partial charge in [-0.15, -0.1) is 0 Å². The summed E-state index contributed by atoms with van der Waals surface area (Å²) in [6.07, 6.45) is 3.76. The molecule has 0 unspecified atom stereocenters. The Morgan fingerprint density at radius 2 is 1.69 bits per heavy atom. The van der Waals surface area contributed by atoms with E-state index in [0.717, 1.165) is 41.2 Å². The van der Waals surface area contributed by atoms with Gasteiger partial charge in [-0.25, -0.2) is 9.59 Å². The Labute approximate surface area is 213 Å². The molecule has 0 radical (unpaired) electrons. The number of amides is 2. The summed E-state index contributed by atoms with van der Waals surface area (Å²) in [6.45, 7) is 8.26. The van der Waals surface area contributed by atoms with Crippen molar-refractivity contribution in [3.05, 3.63) is 77.9 Å². The van der Waals surface area contributed by atoms with E-state index in [2.05, 4.69) is 29.4 Å². The van der Waals surface area contributed by atoms with E-state index in [1.807, 2.05) is 55.5 Å². The van der Waals surface area contributed by atoms with Crippen molar-refractivity contribution in [1.29, 1.82) is 0 Å². The Balaban J connectivity index is 1.68. The zero-order chi connectivity index (χ0) is 25.7. The third-order valence-electron chi connectivity index (χ3n) is 6.63. The van der Waals surface area contributed by atoms with Gasteiger partial charge in [0.15, 0.2) is 0 Å². The second-order valence-electron chi connectivity index (χ2n) is 10.2. The maximum absolute atomic E-state index is 13.0. The predicted octanol–water partition coefficient (Wildman–Crippen LogP) is 7.27. The fraction of sp³-hybridized carbons (Fsp3) is 0.333. The van der Waals surface area contributed by atoms with E-state index in [1.165, 1.54) is 19.3 Å². The summed E-state index contributed by atoms with van der Waals surface area (Å²) in [7, 11) is 0. The maximum atomic E-state index is 13.0. The number of anilines is 3. The van der Waals surface area contributed by atoms with Gasteiger partial charge >= 0.3 is 12.0 Å². The molecule has 188 valence electrons. The van der Waals surface area contributed by atoms with Crippen molar-refractivity contribution in [2.45, 2.75) is 40.0 Å². The molecule has 4 rings (SSSR count).